The van der Waals surface area contributed by atoms with Crippen LogP contribution in [0.25, 0.3) is 0 Å². The van der Waals surface area contributed by atoms with Gasteiger partial charge in [-0.25, -0.2) is 0 Å². The number of hydrogen-bond acceptors (Lipinski definition) is 2. The molecule has 2 heteroatoms. The first-order valence-corrected chi connectivity index (χ1v) is 10.3. The van der Waals surface area contributed by atoms with Crippen molar-refractivity contribution in [2.24, 2.45) is 5.92 Å². The minimum Gasteiger partial charge on any atom is -0.387 e. The summed E-state index contributed by atoms with van der Waals surface area (Å²) in [5, 5.41) is 10.9. The zero-order valence-corrected chi connectivity index (χ0v) is 15.9. The first kappa shape index (κ1) is 17.8. The molecule has 1 N–H and O–H groups in total. The average molecular weight is 350 g/mol. The zero-order valence-electron chi connectivity index (χ0n) is 15.9. The van der Waals surface area contributed by atoms with E-state index in [4.69, 9.17) is 0 Å². The fraction of sp³-hybridized carbons (Fsp3) is 0.500. The maximum atomic E-state index is 10.9. The monoisotopic (exact) mass is 349 g/mol. The number of aliphatic hydroxyl groups is 1. The molecule has 1 heterocycles. The molecule has 26 heavy (non-hydrogen) atoms. The Morgan fingerprint density at radius 3 is 2.50 bits per heavy atom. The Kier molecular flexibility index (Phi) is 5.42. The summed E-state index contributed by atoms with van der Waals surface area (Å²) in [7, 11) is 0. The highest BCUT2D eigenvalue weighted by Gasteiger charge is 2.28. The van der Waals surface area contributed by atoms with Crippen molar-refractivity contribution in [3.8, 4) is 0 Å². The molecule has 1 saturated heterocycles. The molecular weight excluding hydrogens is 318 g/mol. The van der Waals surface area contributed by atoms with Crippen molar-refractivity contribution >= 4 is 0 Å². The molecule has 2 aliphatic rings. The third-order valence-corrected chi connectivity index (χ3v) is 6.51. The van der Waals surface area contributed by atoms with Gasteiger partial charge in [0.05, 0.1) is 6.10 Å². The van der Waals surface area contributed by atoms with Crippen molar-refractivity contribution in [3.63, 3.8) is 0 Å². The van der Waals surface area contributed by atoms with Gasteiger partial charge in [0.2, 0.25) is 0 Å². The van der Waals surface area contributed by atoms with Crippen LogP contribution in [0, 0.1) is 5.92 Å². The summed E-state index contributed by atoms with van der Waals surface area (Å²) >= 11 is 0. The molecular formula is C24H31NO. The van der Waals surface area contributed by atoms with E-state index in [2.05, 4.69) is 60.4 Å². The van der Waals surface area contributed by atoms with Gasteiger partial charge in [0.15, 0.2) is 0 Å². The van der Waals surface area contributed by atoms with E-state index in [1.807, 2.05) is 0 Å². The molecule has 2 aromatic carbocycles. The summed E-state index contributed by atoms with van der Waals surface area (Å²) in [6.45, 7) is 4.39. The molecule has 0 bridgehead atoms. The van der Waals surface area contributed by atoms with E-state index in [-0.39, 0.29) is 12.1 Å². The number of likely N-dealkylation sites (tertiary alicyclic amines) is 1. The topological polar surface area (TPSA) is 23.5 Å². The van der Waals surface area contributed by atoms with Crippen LogP contribution in [-0.4, -0.2) is 29.1 Å². The summed E-state index contributed by atoms with van der Waals surface area (Å²) in [4.78, 5) is 2.49. The van der Waals surface area contributed by atoms with Gasteiger partial charge in [-0.2, -0.15) is 0 Å². The molecule has 1 aliphatic heterocycles. The molecule has 2 unspecified atom stereocenters. The smallest absolute Gasteiger partial charge is 0.0942 e. The van der Waals surface area contributed by atoms with Gasteiger partial charge < -0.3 is 5.11 Å². The SMILES string of the molecule is CC(C(O)c1ccc2c(c1)CCC2)N1CCC(Cc2ccccc2)CC1. The molecule has 0 radical (unpaired) electrons. The Hall–Kier alpha value is -1.64. The van der Waals surface area contributed by atoms with Gasteiger partial charge in [0.25, 0.3) is 0 Å². The van der Waals surface area contributed by atoms with Crippen molar-refractivity contribution in [2.45, 2.75) is 57.6 Å². The second-order valence-corrected chi connectivity index (χ2v) is 8.24. The Morgan fingerprint density at radius 1 is 1.00 bits per heavy atom. The van der Waals surface area contributed by atoms with E-state index in [9.17, 15) is 5.11 Å². The highest BCUT2D eigenvalue weighted by molar-refractivity contribution is 5.36. The van der Waals surface area contributed by atoms with Crippen LogP contribution in [0.15, 0.2) is 48.5 Å². The zero-order chi connectivity index (χ0) is 17.9. The van der Waals surface area contributed by atoms with Crippen LogP contribution in [0.5, 0.6) is 0 Å². The Balaban J connectivity index is 1.33. The normalized spacial score (nSPS) is 20.7. The second-order valence-electron chi connectivity index (χ2n) is 8.24. The third-order valence-electron chi connectivity index (χ3n) is 6.51. The minimum absolute atomic E-state index is 0.187. The van der Waals surface area contributed by atoms with Crippen LogP contribution in [0.1, 0.15) is 54.5 Å². The first-order chi connectivity index (χ1) is 12.7. The maximum Gasteiger partial charge on any atom is 0.0942 e. The maximum absolute atomic E-state index is 10.9. The molecule has 1 fully saturated rings. The summed E-state index contributed by atoms with van der Waals surface area (Å²) in [6, 6.07) is 17.7. The number of aryl methyl sites for hydroxylation is 2. The van der Waals surface area contributed by atoms with Gasteiger partial charge in [0, 0.05) is 6.04 Å². The average Bonchev–Trinajstić information content (AvgIpc) is 3.16. The fourth-order valence-electron chi connectivity index (χ4n) is 4.77. The highest BCUT2D eigenvalue weighted by atomic mass is 16.3. The van der Waals surface area contributed by atoms with Crippen molar-refractivity contribution in [1.82, 2.24) is 4.90 Å². The van der Waals surface area contributed by atoms with Gasteiger partial charge in [-0.05, 0) is 86.7 Å². The molecule has 4 rings (SSSR count). The van der Waals surface area contributed by atoms with E-state index in [1.165, 1.54) is 55.2 Å². The Labute approximate surface area is 157 Å². The van der Waals surface area contributed by atoms with Gasteiger partial charge in [0.1, 0.15) is 0 Å². The largest absolute Gasteiger partial charge is 0.387 e. The van der Waals surface area contributed by atoms with E-state index in [0.29, 0.717) is 0 Å². The second kappa shape index (κ2) is 7.94. The number of nitrogens with zero attached hydrogens (tertiary/aromatic N) is 1. The molecule has 2 atom stereocenters. The number of hydrogen-bond donors (Lipinski definition) is 1. The fourth-order valence-corrected chi connectivity index (χ4v) is 4.77. The van der Waals surface area contributed by atoms with Gasteiger partial charge in [-0.3, -0.25) is 4.90 Å². The Bertz CT molecular complexity index is 718. The molecule has 0 aromatic heterocycles. The lowest BCUT2D eigenvalue weighted by Crippen LogP contribution is -2.43. The predicted molar refractivity (Wildman–Crippen MR) is 107 cm³/mol. The summed E-state index contributed by atoms with van der Waals surface area (Å²) in [5.41, 5.74) is 5.49. The van der Waals surface area contributed by atoms with Crippen LogP contribution < -0.4 is 0 Å². The van der Waals surface area contributed by atoms with E-state index >= 15 is 0 Å². The van der Waals surface area contributed by atoms with E-state index in [1.54, 1.807) is 0 Å². The van der Waals surface area contributed by atoms with Crippen molar-refractivity contribution in [2.75, 3.05) is 13.1 Å². The van der Waals surface area contributed by atoms with Gasteiger partial charge in [-0.1, -0.05) is 48.5 Å². The van der Waals surface area contributed by atoms with Crippen LogP contribution in [0.3, 0.4) is 0 Å². The number of benzene rings is 2. The van der Waals surface area contributed by atoms with Crippen molar-refractivity contribution in [3.05, 3.63) is 70.8 Å². The molecule has 2 nitrogen and oxygen atoms in total. The molecule has 138 valence electrons. The lowest BCUT2D eigenvalue weighted by molar-refractivity contribution is 0.0373. The molecule has 0 saturated carbocycles. The van der Waals surface area contributed by atoms with Gasteiger partial charge in [-0.15, -0.1) is 0 Å². The highest BCUT2D eigenvalue weighted by Crippen LogP contribution is 2.30. The third kappa shape index (κ3) is 3.87. The molecule has 1 aliphatic carbocycles. The quantitative estimate of drug-likeness (QED) is 0.856. The number of aliphatic hydroxyl groups excluding tert-OH is 1. The van der Waals surface area contributed by atoms with Gasteiger partial charge >= 0.3 is 0 Å². The molecule has 2 aromatic rings. The minimum atomic E-state index is -0.383. The molecule has 0 spiro atoms. The van der Waals surface area contributed by atoms with Crippen molar-refractivity contribution in [1.29, 1.82) is 0 Å². The Morgan fingerprint density at radius 2 is 1.73 bits per heavy atom. The van der Waals surface area contributed by atoms with Crippen LogP contribution in [0.4, 0.5) is 0 Å². The number of rotatable bonds is 5. The van der Waals surface area contributed by atoms with E-state index in [0.717, 1.165) is 24.6 Å². The lowest BCUT2D eigenvalue weighted by Gasteiger charge is -2.38. The van der Waals surface area contributed by atoms with Crippen LogP contribution >= 0.6 is 0 Å². The van der Waals surface area contributed by atoms with E-state index < -0.39 is 0 Å². The molecule has 0 amide bonds. The summed E-state index contributed by atoms with van der Waals surface area (Å²) < 4.78 is 0. The number of piperidine rings is 1. The van der Waals surface area contributed by atoms with Crippen molar-refractivity contribution < 1.29 is 5.11 Å². The summed E-state index contributed by atoms with van der Waals surface area (Å²) in [5.74, 6) is 0.776. The lowest BCUT2D eigenvalue weighted by atomic mass is 9.88. The first-order valence-electron chi connectivity index (χ1n) is 10.3. The number of fused-ring (bicyclic) bond motifs is 1. The van der Waals surface area contributed by atoms with Crippen LogP contribution in [-0.2, 0) is 19.3 Å². The van der Waals surface area contributed by atoms with Crippen LogP contribution in [0.2, 0.25) is 0 Å². The predicted octanol–water partition coefficient (Wildman–Crippen LogP) is 4.55. The standard InChI is InChI=1S/C24H31NO/c1-18(24(26)23-11-10-21-8-5-9-22(21)17-23)25-14-12-20(13-15-25)16-19-6-3-2-4-7-19/h2-4,6-7,10-11,17-18,20,24,26H,5,8-9,12-16H2,1H3. The summed E-state index contributed by atoms with van der Waals surface area (Å²) in [6.07, 6.45) is 6.92.